The predicted molar refractivity (Wildman–Crippen MR) is 67.0 cm³/mol. The van der Waals surface area contributed by atoms with E-state index < -0.39 is 0 Å². The van der Waals surface area contributed by atoms with Gasteiger partial charge in [-0.1, -0.05) is 38.5 Å². The van der Waals surface area contributed by atoms with Crippen molar-refractivity contribution in [2.45, 2.75) is 33.1 Å². The van der Waals surface area contributed by atoms with E-state index in [1.165, 1.54) is 0 Å². The quantitative estimate of drug-likeness (QED) is 0.779. The molecule has 0 heterocycles. The van der Waals surface area contributed by atoms with Gasteiger partial charge in [-0.2, -0.15) is 0 Å². The van der Waals surface area contributed by atoms with Crippen molar-refractivity contribution in [2.75, 3.05) is 13.6 Å². The average Bonchev–Trinajstić information content (AvgIpc) is 2.22. The molecule has 1 rings (SSSR count). The largest absolute Gasteiger partial charge is 0.319 e. The van der Waals surface area contributed by atoms with Crippen molar-refractivity contribution in [3.05, 3.63) is 35.6 Å². The van der Waals surface area contributed by atoms with Gasteiger partial charge in [0.1, 0.15) is 5.82 Å². The highest BCUT2D eigenvalue weighted by Gasteiger charge is 2.24. The molecule has 1 nitrogen and oxygen atoms in total. The van der Waals surface area contributed by atoms with E-state index in [0.29, 0.717) is 0 Å². The Balaban J connectivity index is 2.79. The van der Waals surface area contributed by atoms with Gasteiger partial charge in [-0.25, -0.2) is 4.39 Å². The normalized spacial score (nSPS) is 14.8. The first-order valence-electron chi connectivity index (χ1n) is 5.99. The molecule has 0 saturated carbocycles. The molecule has 2 heteroatoms. The fourth-order valence-corrected chi connectivity index (χ4v) is 2.37. The van der Waals surface area contributed by atoms with Gasteiger partial charge >= 0.3 is 0 Å². The monoisotopic (exact) mass is 223 g/mol. The van der Waals surface area contributed by atoms with Crippen molar-refractivity contribution >= 4 is 0 Å². The van der Waals surface area contributed by atoms with Crippen molar-refractivity contribution in [1.29, 1.82) is 0 Å². The van der Waals surface area contributed by atoms with Crippen LogP contribution in [0.15, 0.2) is 24.3 Å². The van der Waals surface area contributed by atoms with Crippen molar-refractivity contribution in [2.24, 2.45) is 5.41 Å². The van der Waals surface area contributed by atoms with E-state index in [1.54, 1.807) is 12.1 Å². The maximum Gasteiger partial charge on any atom is 0.126 e. The number of halogens is 1. The molecular weight excluding hydrogens is 201 g/mol. The fourth-order valence-electron chi connectivity index (χ4n) is 2.37. The van der Waals surface area contributed by atoms with Crippen LogP contribution in [0.1, 0.15) is 32.3 Å². The van der Waals surface area contributed by atoms with E-state index >= 15 is 0 Å². The number of rotatable bonds is 6. The first-order chi connectivity index (χ1) is 7.61. The van der Waals surface area contributed by atoms with Crippen LogP contribution >= 0.6 is 0 Å². The molecular formula is C14H22FN. The van der Waals surface area contributed by atoms with E-state index in [1.807, 2.05) is 19.2 Å². The molecule has 1 aromatic rings. The van der Waals surface area contributed by atoms with E-state index in [9.17, 15) is 4.39 Å². The molecule has 0 aliphatic heterocycles. The summed E-state index contributed by atoms with van der Waals surface area (Å²) in [6.07, 6.45) is 3.04. The Morgan fingerprint density at radius 2 is 2.00 bits per heavy atom. The van der Waals surface area contributed by atoms with Crippen LogP contribution in [-0.4, -0.2) is 13.6 Å². The van der Waals surface area contributed by atoms with Crippen molar-refractivity contribution in [3.63, 3.8) is 0 Å². The summed E-state index contributed by atoms with van der Waals surface area (Å²) >= 11 is 0. The topological polar surface area (TPSA) is 12.0 Å². The third kappa shape index (κ3) is 3.60. The van der Waals surface area contributed by atoms with Crippen LogP contribution in [0.3, 0.4) is 0 Å². The predicted octanol–water partition coefficient (Wildman–Crippen LogP) is 3.39. The van der Waals surface area contributed by atoms with Gasteiger partial charge in [-0.3, -0.25) is 0 Å². The van der Waals surface area contributed by atoms with E-state index in [4.69, 9.17) is 0 Å². The number of benzene rings is 1. The molecule has 0 aliphatic rings. The molecule has 90 valence electrons. The van der Waals surface area contributed by atoms with Gasteiger partial charge in [0, 0.05) is 6.54 Å². The van der Waals surface area contributed by atoms with Crippen LogP contribution in [0.4, 0.5) is 4.39 Å². The zero-order valence-electron chi connectivity index (χ0n) is 10.5. The molecule has 1 aromatic carbocycles. The number of nitrogens with one attached hydrogen (secondary N) is 1. The Morgan fingerprint density at radius 1 is 1.31 bits per heavy atom. The summed E-state index contributed by atoms with van der Waals surface area (Å²) in [6, 6.07) is 7.08. The molecule has 0 bridgehead atoms. The highest BCUT2D eigenvalue weighted by molar-refractivity contribution is 5.19. The Morgan fingerprint density at radius 3 is 2.56 bits per heavy atom. The lowest BCUT2D eigenvalue weighted by Gasteiger charge is -2.29. The lowest BCUT2D eigenvalue weighted by molar-refractivity contribution is 0.279. The van der Waals surface area contributed by atoms with Gasteiger partial charge in [0.25, 0.3) is 0 Å². The van der Waals surface area contributed by atoms with Crippen molar-refractivity contribution in [3.8, 4) is 0 Å². The second-order valence-electron chi connectivity index (χ2n) is 4.86. The Hall–Kier alpha value is -0.890. The first kappa shape index (κ1) is 13.2. The van der Waals surface area contributed by atoms with E-state index in [2.05, 4.69) is 19.2 Å². The minimum absolute atomic E-state index is 0.0825. The number of hydrogen-bond donors (Lipinski definition) is 1. The van der Waals surface area contributed by atoms with Gasteiger partial charge in [-0.05, 0) is 36.9 Å². The summed E-state index contributed by atoms with van der Waals surface area (Å²) < 4.78 is 13.6. The smallest absolute Gasteiger partial charge is 0.126 e. The summed E-state index contributed by atoms with van der Waals surface area (Å²) in [5.41, 5.74) is 0.972. The summed E-state index contributed by atoms with van der Waals surface area (Å²) in [4.78, 5) is 0. The third-order valence-electron chi connectivity index (χ3n) is 3.03. The molecule has 1 N–H and O–H groups in total. The molecule has 0 spiro atoms. The molecule has 0 radical (unpaired) electrons. The Labute approximate surface area is 98.1 Å². The molecule has 0 fully saturated rings. The molecule has 1 atom stereocenters. The summed E-state index contributed by atoms with van der Waals surface area (Å²) in [5, 5.41) is 3.21. The summed E-state index contributed by atoms with van der Waals surface area (Å²) in [7, 11) is 1.95. The minimum Gasteiger partial charge on any atom is -0.319 e. The zero-order chi connectivity index (χ0) is 12.0. The van der Waals surface area contributed by atoms with Gasteiger partial charge in [0.05, 0.1) is 0 Å². The number of hydrogen-bond acceptors (Lipinski definition) is 1. The van der Waals surface area contributed by atoms with Gasteiger partial charge in [0.15, 0.2) is 0 Å². The lowest BCUT2D eigenvalue weighted by Crippen LogP contribution is -2.32. The summed E-state index contributed by atoms with van der Waals surface area (Å²) in [5.74, 6) is -0.0825. The molecule has 16 heavy (non-hydrogen) atoms. The highest BCUT2D eigenvalue weighted by Crippen LogP contribution is 2.28. The minimum atomic E-state index is -0.0825. The Kier molecular flexibility index (Phi) is 4.94. The lowest BCUT2D eigenvalue weighted by atomic mass is 9.79. The zero-order valence-corrected chi connectivity index (χ0v) is 10.5. The van der Waals surface area contributed by atoms with Crippen LogP contribution in [-0.2, 0) is 6.42 Å². The SMILES string of the molecule is CCCC(C)(CNC)Cc1ccccc1F. The van der Waals surface area contributed by atoms with E-state index in [0.717, 1.165) is 31.4 Å². The van der Waals surface area contributed by atoms with Crippen molar-refractivity contribution < 1.29 is 4.39 Å². The van der Waals surface area contributed by atoms with Crippen LogP contribution < -0.4 is 5.32 Å². The van der Waals surface area contributed by atoms with Gasteiger partial charge < -0.3 is 5.32 Å². The molecule has 0 aromatic heterocycles. The van der Waals surface area contributed by atoms with E-state index in [-0.39, 0.29) is 11.2 Å². The average molecular weight is 223 g/mol. The molecule has 0 amide bonds. The maximum atomic E-state index is 13.6. The molecule has 0 aliphatic carbocycles. The summed E-state index contributed by atoms with van der Waals surface area (Å²) in [6.45, 7) is 5.32. The van der Waals surface area contributed by atoms with Crippen molar-refractivity contribution in [1.82, 2.24) is 5.32 Å². The molecule has 1 unspecified atom stereocenters. The van der Waals surface area contributed by atoms with Crippen LogP contribution in [0, 0.1) is 11.2 Å². The molecule has 0 saturated heterocycles. The van der Waals surface area contributed by atoms with Gasteiger partial charge in [0.2, 0.25) is 0 Å². The van der Waals surface area contributed by atoms with Crippen LogP contribution in [0.25, 0.3) is 0 Å². The van der Waals surface area contributed by atoms with Crippen LogP contribution in [0.5, 0.6) is 0 Å². The Bertz CT molecular complexity index is 316. The standard InChI is InChI=1S/C14H22FN/c1-4-9-14(2,11-16-3)10-12-7-5-6-8-13(12)15/h5-8,16H,4,9-11H2,1-3H3. The second kappa shape index (κ2) is 6.00. The third-order valence-corrected chi connectivity index (χ3v) is 3.03. The van der Waals surface area contributed by atoms with Crippen LogP contribution in [0.2, 0.25) is 0 Å². The maximum absolute atomic E-state index is 13.6. The van der Waals surface area contributed by atoms with Gasteiger partial charge in [-0.15, -0.1) is 0 Å². The first-order valence-corrected chi connectivity index (χ1v) is 5.99. The fraction of sp³-hybridized carbons (Fsp3) is 0.571. The second-order valence-corrected chi connectivity index (χ2v) is 4.86. The highest BCUT2D eigenvalue weighted by atomic mass is 19.1.